The number of hydrazine groups is 1. The average molecular weight is 407 g/mol. The number of carbonyl (C=O) groups excluding carboxylic acids is 3. The van der Waals surface area contributed by atoms with E-state index in [1.807, 2.05) is 0 Å². The number of hydrogen-bond acceptors (Lipinski definition) is 5. The van der Waals surface area contributed by atoms with E-state index >= 15 is 0 Å². The molecule has 2 heterocycles. The van der Waals surface area contributed by atoms with Gasteiger partial charge in [-0.05, 0) is 44.1 Å². The number of aliphatic carboxylic acids is 1. The second kappa shape index (κ2) is 7.38. The van der Waals surface area contributed by atoms with E-state index in [1.54, 1.807) is 49.5 Å². The van der Waals surface area contributed by atoms with Crippen LogP contribution in [0.4, 0.5) is 0 Å². The van der Waals surface area contributed by atoms with Gasteiger partial charge in [0.05, 0.1) is 17.7 Å². The lowest BCUT2D eigenvalue weighted by Crippen LogP contribution is -2.64. The Morgan fingerprint density at radius 3 is 2.07 bits per heavy atom. The molecule has 4 rings (SSSR count). The molecule has 0 bridgehead atoms. The first-order valence-electron chi connectivity index (χ1n) is 9.66. The molecule has 0 saturated carbocycles. The van der Waals surface area contributed by atoms with Crippen LogP contribution in [0.1, 0.15) is 39.1 Å². The number of carbonyl (C=O) groups is 4. The summed E-state index contributed by atoms with van der Waals surface area (Å²) in [5, 5.41) is 11.8. The fourth-order valence-electron chi connectivity index (χ4n) is 4.18. The van der Waals surface area contributed by atoms with Crippen molar-refractivity contribution < 1.29 is 24.3 Å². The van der Waals surface area contributed by atoms with Gasteiger partial charge in [-0.25, -0.2) is 9.80 Å². The van der Waals surface area contributed by atoms with E-state index in [-0.39, 0.29) is 24.1 Å². The van der Waals surface area contributed by atoms with Crippen LogP contribution < -0.4 is 0 Å². The summed E-state index contributed by atoms with van der Waals surface area (Å²) in [5.41, 5.74) is -0.775. The van der Waals surface area contributed by atoms with Crippen LogP contribution in [0.5, 0.6) is 0 Å². The van der Waals surface area contributed by atoms with Gasteiger partial charge in [0.1, 0.15) is 0 Å². The SMILES string of the molecule is CN1CCC[C@]1(C(=O)O)C(=O)N(Cc1ccccc1)N1C(=O)c2ccccc2C1=O. The standard InChI is InChI=1S/C22H21N3O5/c1-23-13-7-12-22(23,21(29)30)20(28)24(14-15-8-3-2-4-9-15)25-18(26)16-10-5-6-11-17(16)19(25)27/h2-6,8-11H,7,12-14H2,1H3,(H,29,30)/t22-/m1/s1. The highest BCUT2D eigenvalue weighted by molar-refractivity contribution is 6.22. The molecule has 0 aromatic heterocycles. The van der Waals surface area contributed by atoms with Gasteiger partial charge in [0.2, 0.25) is 5.54 Å². The highest BCUT2D eigenvalue weighted by Gasteiger charge is 2.57. The van der Waals surface area contributed by atoms with E-state index in [0.29, 0.717) is 18.5 Å². The predicted octanol–water partition coefficient (Wildman–Crippen LogP) is 1.78. The van der Waals surface area contributed by atoms with Gasteiger partial charge in [0, 0.05) is 0 Å². The number of hydrogen-bond donors (Lipinski definition) is 1. The largest absolute Gasteiger partial charge is 0.479 e. The van der Waals surface area contributed by atoms with Gasteiger partial charge in [0.15, 0.2) is 0 Å². The van der Waals surface area contributed by atoms with Gasteiger partial charge < -0.3 is 5.11 Å². The summed E-state index contributed by atoms with van der Waals surface area (Å²) in [7, 11) is 1.57. The van der Waals surface area contributed by atoms with E-state index in [2.05, 4.69) is 0 Å². The van der Waals surface area contributed by atoms with Crippen molar-refractivity contribution in [3.63, 3.8) is 0 Å². The Morgan fingerprint density at radius 1 is 1.00 bits per heavy atom. The number of rotatable bonds is 5. The maximum atomic E-state index is 13.7. The van der Waals surface area contributed by atoms with Crippen LogP contribution in [0.2, 0.25) is 0 Å². The number of benzene rings is 2. The Balaban J connectivity index is 1.80. The minimum absolute atomic E-state index is 0.103. The molecule has 3 amide bonds. The molecule has 30 heavy (non-hydrogen) atoms. The van der Waals surface area contributed by atoms with Crippen molar-refractivity contribution in [2.75, 3.05) is 13.6 Å². The monoisotopic (exact) mass is 407 g/mol. The van der Waals surface area contributed by atoms with E-state index in [0.717, 1.165) is 10.0 Å². The molecule has 0 unspecified atom stereocenters. The summed E-state index contributed by atoms with van der Waals surface area (Å²) in [4.78, 5) is 53.6. The molecule has 2 aromatic rings. The molecule has 0 radical (unpaired) electrons. The van der Waals surface area contributed by atoms with Gasteiger partial charge in [-0.1, -0.05) is 42.5 Å². The number of nitrogens with zero attached hydrogens (tertiary/aromatic N) is 3. The number of carboxylic acid groups (broad SMARTS) is 1. The normalized spacial score (nSPS) is 21.0. The van der Waals surface area contributed by atoms with Crippen molar-refractivity contribution in [3.05, 3.63) is 71.3 Å². The van der Waals surface area contributed by atoms with Crippen molar-refractivity contribution in [3.8, 4) is 0 Å². The van der Waals surface area contributed by atoms with E-state index < -0.39 is 29.2 Å². The van der Waals surface area contributed by atoms with Gasteiger partial charge in [0.25, 0.3) is 17.7 Å². The Kier molecular flexibility index (Phi) is 4.87. The van der Waals surface area contributed by atoms with Crippen LogP contribution >= 0.6 is 0 Å². The van der Waals surface area contributed by atoms with Gasteiger partial charge in [-0.2, -0.15) is 5.01 Å². The van der Waals surface area contributed by atoms with Crippen LogP contribution in [0.3, 0.4) is 0 Å². The smallest absolute Gasteiger partial charge is 0.334 e. The molecule has 1 fully saturated rings. The van der Waals surface area contributed by atoms with Crippen LogP contribution in [-0.4, -0.2) is 62.8 Å². The van der Waals surface area contributed by atoms with Crippen LogP contribution in [0, 0.1) is 0 Å². The fraction of sp³-hybridized carbons (Fsp3) is 0.273. The maximum Gasteiger partial charge on any atom is 0.334 e. The molecule has 8 heteroatoms. The van der Waals surface area contributed by atoms with Crippen molar-refractivity contribution in [1.29, 1.82) is 0 Å². The molecule has 8 nitrogen and oxygen atoms in total. The first-order valence-corrected chi connectivity index (χ1v) is 9.66. The lowest BCUT2D eigenvalue weighted by molar-refractivity contribution is -0.167. The molecule has 0 aliphatic carbocycles. The van der Waals surface area contributed by atoms with Gasteiger partial charge >= 0.3 is 5.97 Å². The number of likely N-dealkylation sites (N-methyl/N-ethyl adjacent to an activating group) is 1. The first-order chi connectivity index (χ1) is 14.4. The Labute approximate surface area is 173 Å². The zero-order chi connectivity index (χ0) is 21.5. The van der Waals surface area contributed by atoms with Crippen LogP contribution in [0.15, 0.2) is 54.6 Å². The third-order valence-corrected chi connectivity index (χ3v) is 5.81. The average Bonchev–Trinajstić information content (AvgIpc) is 3.26. The summed E-state index contributed by atoms with van der Waals surface area (Å²) >= 11 is 0. The number of imide groups is 1. The summed E-state index contributed by atoms with van der Waals surface area (Å²) in [6.45, 7) is 0.327. The number of carboxylic acids is 1. The summed E-state index contributed by atoms with van der Waals surface area (Å²) < 4.78 is 0. The second-order valence-electron chi connectivity index (χ2n) is 7.51. The van der Waals surface area contributed by atoms with E-state index in [9.17, 15) is 24.3 Å². The van der Waals surface area contributed by atoms with E-state index in [4.69, 9.17) is 0 Å². The lowest BCUT2D eigenvalue weighted by atomic mass is 9.94. The van der Waals surface area contributed by atoms with Crippen LogP contribution in [-0.2, 0) is 16.1 Å². The third-order valence-electron chi connectivity index (χ3n) is 5.81. The molecule has 2 aliphatic rings. The number of amides is 3. The topological polar surface area (TPSA) is 98.2 Å². The minimum Gasteiger partial charge on any atom is -0.479 e. The minimum atomic E-state index is -1.83. The van der Waals surface area contributed by atoms with Crippen molar-refractivity contribution >= 4 is 23.7 Å². The molecule has 2 aromatic carbocycles. The fourth-order valence-corrected chi connectivity index (χ4v) is 4.18. The Bertz CT molecular complexity index is 1000. The lowest BCUT2D eigenvalue weighted by Gasteiger charge is -2.38. The number of likely N-dealkylation sites (tertiary alicyclic amines) is 1. The Morgan fingerprint density at radius 2 is 1.57 bits per heavy atom. The van der Waals surface area contributed by atoms with Crippen molar-refractivity contribution in [1.82, 2.24) is 14.9 Å². The van der Waals surface area contributed by atoms with E-state index in [1.165, 1.54) is 17.0 Å². The van der Waals surface area contributed by atoms with Crippen molar-refractivity contribution in [2.24, 2.45) is 0 Å². The quantitative estimate of drug-likeness (QED) is 0.599. The molecule has 1 atom stereocenters. The highest BCUT2D eigenvalue weighted by atomic mass is 16.4. The third kappa shape index (κ3) is 2.88. The zero-order valence-corrected chi connectivity index (χ0v) is 16.4. The molecule has 1 saturated heterocycles. The van der Waals surface area contributed by atoms with Crippen molar-refractivity contribution in [2.45, 2.75) is 24.9 Å². The first kappa shape index (κ1) is 19.8. The predicted molar refractivity (Wildman–Crippen MR) is 106 cm³/mol. The molecule has 1 N–H and O–H groups in total. The second-order valence-corrected chi connectivity index (χ2v) is 7.51. The van der Waals surface area contributed by atoms with Crippen LogP contribution in [0.25, 0.3) is 0 Å². The number of fused-ring (bicyclic) bond motifs is 1. The molecule has 154 valence electrons. The maximum absolute atomic E-state index is 13.7. The summed E-state index contributed by atoms with van der Waals surface area (Å²) in [6.07, 6.45) is 0.627. The summed E-state index contributed by atoms with van der Waals surface area (Å²) in [6, 6.07) is 15.2. The molecular weight excluding hydrogens is 386 g/mol. The zero-order valence-electron chi connectivity index (χ0n) is 16.4. The molecule has 0 spiro atoms. The highest BCUT2D eigenvalue weighted by Crippen LogP contribution is 2.34. The Hall–Kier alpha value is -3.52. The molecule has 2 aliphatic heterocycles. The molecular formula is C22H21N3O5. The summed E-state index contributed by atoms with van der Waals surface area (Å²) in [5.74, 6) is -3.36. The van der Waals surface area contributed by atoms with Gasteiger partial charge in [-0.15, -0.1) is 0 Å². The van der Waals surface area contributed by atoms with Gasteiger partial charge in [-0.3, -0.25) is 19.3 Å².